The number of carbonyl (C=O) groups excluding carboxylic acids is 2. The Morgan fingerprint density at radius 3 is 2.69 bits per heavy atom. The zero-order valence-electron chi connectivity index (χ0n) is 16.9. The molecule has 2 saturated heterocycles. The van der Waals surface area contributed by atoms with E-state index in [0.29, 0.717) is 31.2 Å². The average molecular weight is 484 g/mol. The lowest BCUT2D eigenvalue weighted by molar-refractivity contribution is -0.135. The first-order chi connectivity index (χ1) is 14.1. The van der Waals surface area contributed by atoms with Gasteiger partial charge in [-0.15, -0.1) is 0 Å². The summed E-state index contributed by atoms with van der Waals surface area (Å²) in [6, 6.07) is 6.80. The quantitative estimate of drug-likeness (QED) is 0.615. The Balaban J connectivity index is 1.56. The largest absolute Gasteiger partial charge is 0.377 e. The van der Waals surface area contributed by atoms with Crippen LogP contribution in [-0.2, 0) is 9.53 Å². The van der Waals surface area contributed by atoms with E-state index in [0.717, 1.165) is 49.3 Å². The number of nitrogens with zero attached hydrogens (tertiary/aromatic N) is 2. The molecule has 0 bridgehead atoms. The van der Waals surface area contributed by atoms with Gasteiger partial charge in [0.05, 0.1) is 11.7 Å². The molecule has 0 spiro atoms. The summed E-state index contributed by atoms with van der Waals surface area (Å²) in [4.78, 5) is 30.2. The molecule has 2 fully saturated rings. The highest BCUT2D eigenvalue weighted by atomic mass is 79.9. The van der Waals surface area contributed by atoms with Crippen molar-refractivity contribution in [2.75, 3.05) is 51.3 Å². The lowest BCUT2D eigenvalue weighted by atomic mass is 10.1. The van der Waals surface area contributed by atoms with Crippen molar-refractivity contribution in [2.45, 2.75) is 31.4 Å². The number of carbonyl (C=O) groups is 2. The molecule has 160 valence electrons. The van der Waals surface area contributed by atoms with Crippen LogP contribution in [0.5, 0.6) is 0 Å². The molecule has 0 aliphatic carbocycles. The SMILES string of the molecule is CSCCC(NC(=O)c1ccccc1Br)C(=O)N1CCN(CC2CCCO2)CC1. The molecule has 0 aromatic heterocycles. The topological polar surface area (TPSA) is 61.9 Å². The molecule has 6 nitrogen and oxygen atoms in total. The van der Waals surface area contributed by atoms with E-state index in [9.17, 15) is 9.59 Å². The molecular weight excluding hydrogens is 454 g/mol. The van der Waals surface area contributed by atoms with Crippen LogP contribution in [0.4, 0.5) is 0 Å². The summed E-state index contributed by atoms with van der Waals surface area (Å²) < 4.78 is 6.46. The van der Waals surface area contributed by atoms with Crippen molar-refractivity contribution in [3.63, 3.8) is 0 Å². The molecule has 8 heteroatoms. The highest BCUT2D eigenvalue weighted by Gasteiger charge is 2.30. The minimum atomic E-state index is -0.494. The van der Waals surface area contributed by atoms with E-state index >= 15 is 0 Å². The number of thioether (sulfide) groups is 1. The zero-order valence-corrected chi connectivity index (χ0v) is 19.3. The van der Waals surface area contributed by atoms with Crippen molar-refractivity contribution < 1.29 is 14.3 Å². The molecule has 2 aliphatic heterocycles. The second-order valence-corrected chi connectivity index (χ2v) is 9.39. The third-order valence-electron chi connectivity index (χ3n) is 5.50. The number of benzene rings is 1. The van der Waals surface area contributed by atoms with Gasteiger partial charge in [-0.2, -0.15) is 11.8 Å². The van der Waals surface area contributed by atoms with Crippen LogP contribution < -0.4 is 5.32 Å². The van der Waals surface area contributed by atoms with Gasteiger partial charge in [0.1, 0.15) is 6.04 Å². The number of ether oxygens (including phenoxy) is 1. The van der Waals surface area contributed by atoms with Crippen LogP contribution in [0.25, 0.3) is 0 Å². The third kappa shape index (κ3) is 6.44. The Labute approximate surface area is 185 Å². The van der Waals surface area contributed by atoms with Crippen molar-refractivity contribution in [2.24, 2.45) is 0 Å². The molecule has 2 aliphatic rings. The minimum absolute atomic E-state index is 0.0243. The summed E-state index contributed by atoms with van der Waals surface area (Å²) in [7, 11) is 0. The van der Waals surface area contributed by atoms with Gasteiger partial charge >= 0.3 is 0 Å². The normalized spacial score (nSPS) is 21.2. The summed E-state index contributed by atoms with van der Waals surface area (Å²) in [6.07, 6.45) is 5.28. The summed E-state index contributed by atoms with van der Waals surface area (Å²) in [6.45, 7) is 4.95. The van der Waals surface area contributed by atoms with E-state index in [-0.39, 0.29) is 11.8 Å². The molecule has 3 rings (SSSR count). The van der Waals surface area contributed by atoms with Gasteiger partial charge in [0.25, 0.3) is 5.91 Å². The average Bonchev–Trinajstić information content (AvgIpc) is 3.24. The molecule has 0 saturated carbocycles. The van der Waals surface area contributed by atoms with Crippen molar-refractivity contribution >= 4 is 39.5 Å². The van der Waals surface area contributed by atoms with Gasteiger partial charge < -0.3 is 15.0 Å². The minimum Gasteiger partial charge on any atom is -0.377 e. The Bertz CT molecular complexity index is 692. The maximum absolute atomic E-state index is 13.2. The molecule has 0 radical (unpaired) electrons. The van der Waals surface area contributed by atoms with E-state index in [2.05, 4.69) is 26.1 Å². The molecule has 2 unspecified atom stereocenters. The fraction of sp³-hybridized carbons (Fsp3) is 0.619. The number of nitrogens with one attached hydrogen (secondary N) is 1. The fourth-order valence-electron chi connectivity index (χ4n) is 3.82. The van der Waals surface area contributed by atoms with Crippen molar-refractivity contribution in [1.82, 2.24) is 15.1 Å². The molecule has 1 N–H and O–H groups in total. The number of rotatable bonds is 8. The molecular formula is C21H30BrN3O3S. The second-order valence-electron chi connectivity index (χ2n) is 7.55. The lowest BCUT2D eigenvalue weighted by Gasteiger charge is -2.37. The van der Waals surface area contributed by atoms with Crippen LogP contribution in [0.1, 0.15) is 29.6 Å². The van der Waals surface area contributed by atoms with Crippen LogP contribution in [0.3, 0.4) is 0 Å². The van der Waals surface area contributed by atoms with Crippen molar-refractivity contribution in [3.8, 4) is 0 Å². The van der Waals surface area contributed by atoms with Crippen LogP contribution >= 0.6 is 27.7 Å². The van der Waals surface area contributed by atoms with Gasteiger partial charge in [-0.1, -0.05) is 12.1 Å². The number of halogens is 1. The summed E-state index contributed by atoms with van der Waals surface area (Å²) >= 11 is 5.10. The fourth-order valence-corrected chi connectivity index (χ4v) is 4.76. The number of hydrogen-bond donors (Lipinski definition) is 1. The highest BCUT2D eigenvalue weighted by Crippen LogP contribution is 2.18. The maximum Gasteiger partial charge on any atom is 0.253 e. The highest BCUT2D eigenvalue weighted by molar-refractivity contribution is 9.10. The first-order valence-electron chi connectivity index (χ1n) is 10.3. The van der Waals surface area contributed by atoms with E-state index < -0.39 is 6.04 Å². The monoisotopic (exact) mass is 483 g/mol. The Hall–Kier alpha value is -1.09. The number of piperazine rings is 1. The zero-order chi connectivity index (χ0) is 20.6. The molecule has 29 heavy (non-hydrogen) atoms. The molecule has 2 amide bonds. The van der Waals surface area contributed by atoms with Crippen LogP contribution in [0, 0.1) is 0 Å². The maximum atomic E-state index is 13.2. The van der Waals surface area contributed by atoms with Gasteiger partial charge in [-0.05, 0) is 59.3 Å². The van der Waals surface area contributed by atoms with Crippen molar-refractivity contribution in [3.05, 3.63) is 34.3 Å². The van der Waals surface area contributed by atoms with Crippen molar-refractivity contribution in [1.29, 1.82) is 0 Å². The third-order valence-corrected chi connectivity index (χ3v) is 6.84. The summed E-state index contributed by atoms with van der Waals surface area (Å²) in [5, 5.41) is 2.97. The standard InChI is InChI=1S/C21H30BrN3O3S/c1-29-14-8-19(23-20(26)17-6-2-3-7-18(17)22)21(27)25-11-9-24(10-12-25)15-16-5-4-13-28-16/h2-3,6-7,16,19H,4-5,8-15H2,1H3,(H,23,26). The predicted octanol–water partition coefficient (Wildman–Crippen LogP) is 2.62. The lowest BCUT2D eigenvalue weighted by Crippen LogP contribution is -2.55. The molecule has 2 heterocycles. The van der Waals surface area contributed by atoms with E-state index in [1.165, 1.54) is 0 Å². The van der Waals surface area contributed by atoms with Gasteiger partial charge in [0, 0.05) is 43.8 Å². The first kappa shape index (κ1) is 22.6. The predicted molar refractivity (Wildman–Crippen MR) is 120 cm³/mol. The van der Waals surface area contributed by atoms with Gasteiger partial charge in [0.2, 0.25) is 5.91 Å². The Morgan fingerprint density at radius 2 is 2.03 bits per heavy atom. The number of hydrogen-bond acceptors (Lipinski definition) is 5. The van der Waals surface area contributed by atoms with Gasteiger partial charge in [0.15, 0.2) is 0 Å². The van der Waals surface area contributed by atoms with Crippen LogP contribution in [0.2, 0.25) is 0 Å². The van der Waals surface area contributed by atoms with Gasteiger partial charge in [-0.25, -0.2) is 0 Å². The van der Waals surface area contributed by atoms with Crippen LogP contribution in [0.15, 0.2) is 28.7 Å². The second kappa shape index (κ2) is 11.3. The Morgan fingerprint density at radius 1 is 1.28 bits per heavy atom. The van der Waals surface area contributed by atoms with Crippen LogP contribution in [-0.4, -0.2) is 85.1 Å². The van der Waals surface area contributed by atoms with E-state index in [4.69, 9.17) is 4.74 Å². The summed E-state index contributed by atoms with van der Waals surface area (Å²) in [5.41, 5.74) is 0.552. The Kier molecular flexibility index (Phi) is 8.84. The van der Waals surface area contributed by atoms with Gasteiger partial charge in [-0.3, -0.25) is 14.5 Å². The first-order valence-corrected chi connectivity index (χ1v) is 12.4. The molecule has 2 atom stereocenters. The number of amides is 2. The smallest absolute Gasteiger partial charge is 0.253 e. The van der Waals surface area contributed by atoms with E-state index in [1.807, 2.05) is 29.4 Å². The summed E-state index contributed by atoms with van der Waals surface area (Å²) in [5.74, 6) is 0.635. The molecule has 1 aromatic carbocycles. The van der Waals surface area contributed by atoms with E-state index in [1.54, 1.807) is 17.8 Å². The molecule has 1 aromatic rings.